The lowest BCUT2D eigenvalue weighted by Gasteiger charge is -2.20. The molecule has 4 heteroatoms. The highest BCUT2D eigenvalue weighted by atomic mass is 32.1. The number of thiocarbonyl (C=S) groups is 1. The van der Waals surface area contributed by atoms with E-state index in [2.05, 4.69) is 55.7 Å². The van der Waals surface area contributed by atoms with Crippen molar-refractivity contribution < 1.29 is 4.74 Å². The van der Waals surface area contributed by atoms with E-state index < -0.39 is 0 Å². The van der Waals surface area contributed by atoms with Gasteiger partial charge in [-0.1, -0.05) is 45.0 Å². The van der Waals surface area contributed by atoms with Gasteiger partial charge in [-0.05, 0) is 42.1 Å². The Morgan fingerprint density at radius 2 is 1.76 bits per heavy atom. The maximum Gasteiger partial charge on any atom is 0.166 e. The summed E-state index contributed by atoms with van der Waals surface area (Å²) in [6.45, 7) is 8.03. The lowest BCUT2D eigenvalue weighted by atomic mass is 9.95. The Labute approximate surface area is 134 Å². The molecular formula is C17H28N2OS. The van der Waals surface area contributed by atoms with E-state index in [1.807, 2.05) is 0 Å². The van der Waals surface area contributed by atoms with Crippen LogP contribution in [-0.4, -0.2) is 25.4 Å². The highest BCUT2D eigenvalue weighted by molar-refractivity contribution is 7.80. The Morgan fingerprint density at radius 1 is 1.14 bits per heavy atom. The summed E-state index contributed by atoms with van der Waals surface area (Å²) < 4.78 is 5.00. The summed E-state index contributed by atoms with van der Waals surface area (Å²) in [6.07, 6.45) is 2.16. The number of ether oxygens (including phenoxy) is 1. The third kappa shape index (κ3) is 6.02. The second-order valence-corrected chi connectivity index (χ2v) is 5.74. The molecule has 0 amide bonds. The van der Waals surface area contributed by atoms with E-state index in [1.165, 1.54) is 17.5 Å². The Kier molecular flexibility index (Phi) is 8.31. The molecule has 0 aliphatic rings. The first-order valence-corrected chi connectivity index (χ1v) is 8.16. The zero-order chi connectivity index (χ0) is 15.7. The summed E-state index contributed by atoms with van der Waals surface area (Å²) in [5, 5.41) is 7.21. The average Bonchev–Trinajstić information content (AvgIpc) is 2.52. The van der Waals surface area contributed by atoms with Gasteiger partial charge in [0.25, 0.3) is 0 Å². The first-order chi connectivity index (χ1) is 10.1. The standard InChI is InChI=1S/C17H28N2OS/c1-5-13(3)14-7-9-15(10-8-14)16(6-2)19-17(21)18-11-12-20-4/h7-10,13,16H,5-6,11-12H2,1-4H3,(H2,18,19,21). The van der Waals surface area contributed by atoms with Crippen molar-refractivity contribution in [3.63, 3.8) is 0 Å². The number of hydrogen-bond acceptors (Lipinski definition) is 2. The maximum absolute atomic E-state index is 5.32. The van der Waals surface area contributed by atoms with Crippen LogP contribution in [0, 0.1) is 0 Å². The van der Waals surface area contributed by atoms with Crippen molar-refractivity contribution >= 4 is 17.3 Å². The van der Waals surface area contributed by atoms with E-state index in [0.29, 0.717) is 17.6 Å². The molecule has 3 nitrogen and oxygen atoms in total. The van der Waals surface area contributed by atoms with E-state index in [-0.39, 0.29) is 6.04 Å². The Bertz CT molecular complexity index is 419. The second kappa shape index (κ2) is 9.74. The SMILES string of the molecule is CCC(C)c1ccc(C(CC)NC(=S)NCCOC)cc1. The van der Waals surface area contributed by atoms with Gasteiger partial charge in [0.1, 0.15) is 0 Å². The van der Waals surface area contributed by atoms with Crippen LogP contribution in [0.1, 0.15) is 56.7 Å². The Balaban J connectivity index is 2.61. The fourth-order valence-electron chi connectivity index (χ4n) is 2.19. The molecule has 0 saturated carbocycles. The van der Waals surface area contributed by atoms with Gasteiger partial charge in [-0.25, -0.2) is 0 Å². The van der Waals surface area contributed by atoms with E-state index in [1.54, 1.807) is 7.11 Å². The molecule has 2 unspecified atom stereocenters. The van der Waals surface area contributed by atoms with E-state index in [9.17, 15) is 0 Å². The molecule has 0 heterocycles. The van der Waals surface area contributed by atoms with Crippen LogP contribution in [0.15, 0.2) is 24.3 Å². The molecule has 2 atom stereocenters. The Morgan fingerprint density at radius 3 is 2.29 bits per heavy atom. The molecular weight excluding hydrogens is 280 g/mol. The maximum atomic E-state index is 5.32. The van der Waals surface area contributed by atoms with Gasteiger partial charge in [-0.3, -0.25) is 0 Å². The van der Waals surface area contributed by atoms with Crippen molar-refractivity contribution in [3.8, 4) is 0 Å². The van der Waals surface area contributed by atoms with Crippen molar-refractivity contribution in [2.75, 3.05) is 20.3 Å². The van der Waals surface area contributed by atoms with Crippen molar-refractivity contribution in [2.24, 2.45) is 0 Å². The second-order valence-electron chi connectivity index (χ2n) is 5.33. The van der Waals surface area contributed by atoms with Gasteiger partial charge < -0.3 is 15.4 Å². The van der Waals surface area contributed by atoms with Crippen LogP contribution in [0.5, 0.6) is 0 Å². The monoisotopic (exact) mass is 308 g/mol. The number of rotatable bonds is 8. The molecule has 0 saturated heterocycles. The van der Waals surface area contributed by atoms with Crippen LogP contribution < -0.4 is 10.6 Å². The summed E-state index contributed by atoms with van der Waals surface area (Å²) in [5.74, 6) is 0.615. The molecule has 118 valence electrons. The molecule has 21 heavy (non-hydrogen) atoms. The lowest BCUT2D eigenvalue weighted by Crippen LogP contribution is -2.39. The first-order valence-electron chi connectivity index (χ1n) is 7.75. The topological polar surface area (TPSA) is 33.3 Å². The minimum Gasteiger partial charge on any atom is -0.383 e. The van der Waals surface area contributed by atoms with Crippen LogP contribution in [0.2, 0.25) is 0 Å². The molecule has 0 radical (unpaired) electrons. The third-order valence-corrected chi connectivity index (χ3v) is 4.09. The number of nitrogens with one attached hydrogen (secondary N) is 2. The van der Waals surface area contributed by atoms with E-state index in [4.69, 9.17) is 17.0 Å². The summed E-state index contributed by atoms with van der Waals surface area (Å²) in [6, 6.07) is 9.13. The molecule has 2 N–H and O–H groups in total. The summed E-state index contributed by atoms with van der Waals surface area (Å²) >= 11 is 5.32. The lowest BCUT2D eigenvalue weighted by molar-refractivity contribution is 0.204. The van der Waals surface area contributed by atoms with Gasteiger partial charge in [-0.2, -0.15) is 0 Å². The van der Waals surface area contributed by atoms with Gasteiger partial charge in [0, 0.05) is 13.7 Å². The van der Waals surface area contributed by atoms with Crippen LogP contribution in [0.3, 0.4) is 0 Å². The number of benzene rings is 1. The van der Waals surface area contributed by atoms with Gasteiger partial charge in [0.05, 0.1) is 12.6 Å². The molecule has 0 bridgehead atoms. The summed E-state index contributed by atoms with van der Waals surface area (Å²) in [5.41, 5.74) is 2.68. The van der Waals surface area contributed by atoms with Crippen LogP contribution >= 0.6 is 12.2 Å². The third-order valence-electron chi connectivity index (χ3n) is 3.83. The van der Waals surface area contributed by atoms with Gasteiger partial charge in [-0.15, -0.1) is 0 Å². The van der Waals surface area contributed by atoms with Crippen molar-refractivity contribution in [1.29, 1.82) is 0 Å². The molecule has 0 aromatic heterocycles. The van der Waals surface area contributed by atoms with Crippen molar-refractivity contribution in [2.45, 2.75) is 45.6 Å². The largest absolute Gasteiger partial charge is 0.383 e. The van der Waals surface area contributed by atoms with Gasteiger partial charge in [0.15, 0.2) is 5.11 Å². The fourth-order valence-corrected chi connectivity index (χ4v) is 2.43. The van der Waals surface area contributed by atoms with Crippen molar-refractivity contribution in [3.05, 3.63) is 35.4 Å². The minimum absolute atomic E-state index is 0.249. The molecule has 0 spiro atoms. The summed E-state index contributed by atoms with van der Waals surface area (Å²) in [7, 11) is 1.69. The predicted octanol–water partition coefficient (Wildman–Crippen LogP) is 3.76. The average molecular weight is 308 g/mol. The molecule has 1 aromatic rings. The zero-order valence-electron chi connectivity index (χ0n) is 13.6. The quantitative estimate of drug-likeness (QED) is 0.566. The molecule has 0 aliphatic carbocycles. The normalized spacial score (nSPS) is 13.5. The Hall–Kier alpha value is -1.13. The van der Waals surface area contributed by atoms with Gasteiger partial charge in [0.2, 0.25) is 0 Å². The molecule has 0 aliphatic heterocycles. The molecule has 0 fully saturated rings. The summed E-state index contributed by atoms with van der Waals surface area (Å²) in [4.78, 5) is 0. The minimum atomic E-state index is 0.249. The highest BCUT2D eigenvalue weighted by Gasteiger charge is 2.11. The van der Waals surface area contributed by atoms with Crippen molar-refractivity contribution in [1.82, 2.24) is 10.6 Å². The highest BCUT2D eigenvalue weighted by Crippen LogP contribution is 2.22. The van der Waals surface area contributed by atoms with E-state index in [0.717, 1.165) is 13.0 Å². The van der Waals surface area contributed by atoms with Crippen LogP contribution in [0.4, 0.5) is 0 Å². The van der Waals surface area contributed by atoms with Crippen LogP contribution in [0.25, 0.3) is 0 Å². The zero-order valence-corrected chi connectivity index (χ0v) is 14.4. The van der Waals surface area contributed by atoms with Gasteiger partial charge >= 0.3 is 0 Å². The smallest absolute Gasteiger partial charge is 0.166 e. The molecule has 1 aromatic carbocycles. The first kappa shape index (κ1) is 17.9. The molecule has 1 rings (SSSR count). The fraction of sp³-hybridized carbons (Fsp3) is 0.588. The number of methoxy groups -OCH3 is 1. The van der Waals surface area contributed by atoms with Crippen LogP contribution in [-0.2, 0) is 4.74 Å². The van der Waals surface area contributed by atoms with E-state index >= 15 is 0 Å². The predicted molar refractivity (Wildman–Crippen MR) is 93.8 cm³/mol. The number of hydrogen-bond donors (Lipinski definition) is 2.